The number of halogens is 4. The van der Waals surface area contributed by atoms with Gasteiger partial charge in [-0.15, -0.1) is 0 Å². The van der Waals surface area contributed by atoms with Crippen molar-refractivity contribution in [2.45, 2.75) is 24.9 Å². The van der Waals surface area contributed by atoms with Gasteiger partial charge in [0.15, 0.2) is 5.60 Å². The molecule has 0 saturated heterocycles. The first-order valence-electron chi connectivity index (χ1n) is 10.2. The highest BCUT2D eigenvalue weighted by molar-refractivity contribution is 5.37. The Morgan fingerprint density at radius 1 is 1.06 bits per heavy atom. The minimum atomic E-state index is -3.98. The molecule has 0 aliphatic rings. The summed E-state index contributed by atoms with van der Waals surface area (Å²) in [7, 11) is 0. The molecule has 180 valence electrons. The number of rotatable bonds is 6. The Morgan fingerprint density at radius 3 is 2.26 bits per heavy atom. The highest BCUT2D eigenvalue weighted by Gasteiger charge is 2.56. The molecule has 2 heterocycles. The number of ether oxygens (including phenoxy) is 1. The average molecular weight is 485 g/mol. The van der Waals surface area contributed by atoms with Crippen LogP contribution in [-0.2, 0) is 11.5 Å². The maximum absolute atomic E-state index is 15.2. The Kier molecular flexibility index (Phi) is 7.78. The van der Waals surface area contributed by atoms with Crippen LogP contribution in [0.3, 0.4) is 0 Å². The van der Waals surface area contributed by atoms with Crippen molar-refractivity contribution >= 4 is 0 Å². The summed E-state index contributed by atoms with van der Waals surface area (Å²) in [5, 5.41) is 25.5. The number of aliphatic hydroxyl groups is 1. The fourth-order valence-corrected chi connectivity index (χ4v) is 3.15. The van der Waals surface area contributed by atoms with Gasteiger partial charge in [0.1, 0.15) is 41.5 Å². The van der Waals surface area contributed by atoms with E-state index in [1.165, 1.54) is 49.9 Å². The van der Waals surface area contributed by atoms with Crippen molar-refractivity contribution in [1.82, 2.24) is 20.2 Å². The molecule has 2 aromatic carbocycles. The minimum absolute atomic E-state index is 0.146. The van der Waals surface area contributed by atoms with Gasteiger partial charge < -0.3 is 9.84 Å². The molecule has 0 aliphatic carbocycles. The molecular weight excluding hydrogens is 466 g/mol. The second-order valence-electron chi connectivity index (χ2n) is 7.18. The molecule has 4 rings (SSSR count). The predicted octanol–water partition coefficient (Wildman–Crippen LogP) is 5.22. The van der Waals surface area contributed by atoms with E-state index in [1.54, 1.807) is 0 Å². The fourth-order valence-electron chi connectivity index (χ4n) is 3.15. The second-order valence-corrected chi connectivity index (χ2v) is 7.18. The number of nitrogens with one attached hydrogen (secondary N) is 1. The molecule has 0 amide bonds. The summed E-state index contributed by atoms with van der Waals surface area (Å²) in [6.07, 6.45) is 3.45. The van der Waals surface area contributed by atoms with E-state index in [-0.39, 0.29) is 5.75 Å². The number of nitrogens with zero attached hydrogens (tertiary/aromatic N) is 4. The van der Waals surface area contributed by atoms with Crippen LogP contribution in [0.15, 0.2) is 73.4 Å². The molecular formula is C24H19F4N5O2. The lowest BCUT2D eigenvalue weighted by Crippen LogP contribution is -2.44. The van der Waals surface area contributed by atoms with E-state index < -0.39 is 40.8 Å². The van der Waals surface area contributed by atoms with E-state index in [0.717, 1.165) is 24.4 Å². The van der Waals surface area contributed by atoms with Crippen LogP contribution in [-0.4, -0.2) is 25.3 Å². The molecule has 4 aromatic rings. The summed E-state index contributed by atoms with van der Waals surface area (Å²) < 4.78 is 63.2. The van der Waals surface area contributed by atoms with Gasteiger partial charge in [-0.05, 0) is 48.9 Å². The van der Waals surface area contributed by atoms with Gasteiger partial charge in [0.25, 0.3) is 0 Å². The molecule has 0 aliphatic heterocycles. The first-order chi connectivity index (χ1) is 16.7. The zero-order valence-electron chi connectivity index (χ0n) is 18.3. The summed E-state index contributed by atoms with van der Waals surface area (Å²) in [5.41, 5.74) is -4.03. The fraction of sp³-hybridized carbons (Fsp3) is 0.167. The lowest BCUT2D eigenvalue weighted by Gasteiger charge is -2.35. The highest BCUT2D eigenvalue weighted by atomic mass is 19.3. The van der Waals surface area contributed by atoms with Crippen LogP contribution in [0.2, 0.25) is 0 Å². The lowest BCUT2D eigenvalue weighted by molar-refractivity contribution is -0.200. The van der Waals surface area contributed by atoms with E-state index >= 15 is 8.78 Å². The maximum atomic E-state index is 15.2. The molecule has 2 N–H and O–H groups in total. The first-order valence-corrected chi connectivity index (χ1v) is 10.2. The predicted molar refractivity (Wildman–Crippen MR) is 116 cm³/mol. The monoisotopic (exact) mass is 485 g/mol. The first kappa shape index (κ1) is 25.3. The van der Waals surface area contributed by atoms with Crippen LogP contribution in [0.25, 0.3) is 0 Å². The Balaban J connectivity index is 0.000000607. The molecule has 7 nitrogen and oxygen atoms in total. The maximum Gasteiger partial charge on any atom is 0.321 e. The SMILES string of the molecule is CCC(O)(c1ccc(F)cc1F)C(F)(F)c1ccc(Oc2ccc(C#N)cc2)cn1.c1nc[nH]n1. The third-order valence-electron chi connectivity index (χ3n) is 5.02. The zero-order chi connectivity index (χ0) is 25.5. The number of aromatic amines is 1. The van der Waals surface area contributed by atoms with E-state index in [2.05, 4.69) is 20.2 Å². The molecule has 1 unspecified atom stereocenters. The van der Waals surface area contributed by atoms with Gasteiger partial charge in [0, 0.05) is 11.6 Å². The van der Waals surface area contributed by atoms with Crippen molar-refractivity contribution in [3.63, 3.8) is 0 Å². The molecule has 0 saturated carbocycles. The smallest absolute Gasteiger partial charge is 0.321 e. The number of H-pyrrole nitrogens is 1. The molecule has 0 bridgehead atoms. The van der Waals surface area contributed by atoms with E-state index in [9.17, 15) is 13.9 Å². The van der Waals surface area contributed by atoms with Gasteiger partial charge in [-0.3, -0.25) is 10.1 Å². The third-order valence-corrected chi connectivity index (χ3v) is 5.02. The van der Waals surface area contributed by atoms with Crippen LogP contribution in [0.5, 0.6) is 11.5 Å². The largest absolute Gasteiger partial charge is 0.456 e. The van der Waals surface area contributed by atoms with Gasteiger partial charge >= 0.3 is 5.92 Å². The molecule has 0 spiro atoms. The normalized spacial score (nSPS) is 12.6. The van der Waals surface area contributed by atoms with E-state index in [1.807, 2.05) is 6.07 Å². The standard InChI is InChI=1S/C22H16F4N2O2.C2H3N3/c1-2-21(29,18-9-5-15(23)11-19(18)24)22(25,26)20-10-8-17(13-28-20)30-16-6-3-14(12-27)4-7-16;1-3-2-5-4-1/h3-11,13,29H,2H2,1H3;1-2H,(H,3,4,5). The van der Waals surface area contributed by atoms with Crippen molar-refractivity contribution < 1.29 is 27.4 Å². The van der Waals surface area contributed by atoms with Crippen LogP contribution in [0, 0.1) is 23.0 Å². The van der Waals surface area contributed by atoms with Gasteiger partial charge in [-0.2, -0.15) is 19.1 Å². The molecule has 1 atom stereocenters. The summed E-state index contributed by atoms with van der Waals surface area (Å²) >= 11 is 0. The average Bonchev–Trinajstić information content (AvgIpc) is 3.45. The van der Waals surface area contributed by atoms with Crippen molar-refractivity contribution in [2.24, 2.45) is 0 Å². The molecule has 0 radical (unpaired) electrons. The Labute approximate surface area is 197 Å². The van der Waals surface area contributed by atoms with Crippen molar-refractivity contribution in [1.29, 1.82) is 5.26 Å². The molecule has 11 heteroatoms. The number of alkyl halides is 2. The topological polar surface area (TPSA) is 108 Å². The van der Waals surface area contributed by atoms with Crippen molar-refractivity contribution in [3.05, 3.63) is 102 Å². The number of aromatic nitrogens is 4. The van der Waals surface area contributed by atoms with E-state index in [4.69, 9.17) is 10.00 Å². The van der Waals surface area contributed by atoms with Crippen molar-refractivity contribution in [3.8, 4) is 17.6 Å². The van der Waals surface area contributed by atoms with E-state index in [0.29, 0.717) is 17.4 Å². The lowest BCUT2D eigenvalue weighted by atomic mass is 9.82. The van der Waals surface area contributed by atoms with Crippen molar-refractivity contribution in [2.75, 3.05) is 0 Å². The Morgan fingerprint density at radius 2 is 1.77 bits per heavy atom. The summed E-state index contributed by atoms with van der Waals surface area (Å²) in [6.45, 7) is 1.26. The third kappa shape index (κ3) is 5.62. The Hall–Kier alpha value is -4.30. The van der Waals surface area contributed by atoms with Gasteiger partial charge in [0.05, 0.1) is 17.8 Å². The Bertz CT molecular complexity index is 1260. The summed E-state index contributed by atoms with van der Waals surface area (Å²) in [5.74, 6) is -5.69. The number of hydrogen-bond donors (Lipinski definition) is 2. The number of benzene rings is 2. The zero-order valence-corrected chi connectivity index (χ0v) is 18.3. The quantitative estimate of drug-likeness (QED) is 0.363. The van der Waals surface area contributed by atoms with Gasteiger partial charge in [-0.1, -0.05) is 13.0 Å². The van der Waals surface area contributed by atoms with Gasteiger partial charge in [0.2, 0.25) is 0 Å². The number of pyridine rings is 1. The van der Waals surface area contributed by atoms with Crippen LogP contribution in [0.1, 0.15) is 30.2 Å². The molecule has 35 heavy (non-hydrogen) atoms. The minimum Gasteiger partial charge on any atom is -0.456 e. The van der Waals surface area contributed by atoms with Crippen LogP contribution >= 0.6 is 0 Å². The summed E-state index contributed by atoms with van der Waals surface area (Å²) in [6, 6.07) is 12.3. The second kappa shape index (κ2) is 10.8. The highest BCUT2D eigenvalue weighted by Crippen LogP contribution is 2.47. The molecule has 0 fully saturated rings. The number of nitriles is 1. The van der Waals surface area contributed by atoms with Crippen LogP contribution in [0.4, 0.5) is 17.6 Å². The van der Waals surface area contributed by atoms with Crippen LogP contribution < -0.4 is 4.74 Å². The summed E-state index contributed by atoms with van der Waals surface area (Å²) in [4.78, 5) is 7.24. The number of hydrogen-bond acceptors (Lipinski definition) is 6. The molecule has 2 aromatic heterocycles. The van der Waals surface area contributed by atoms with Gasteiger partial charge in [-0.25, -0.2) is 13.8 Å².